The number of likely N-dealkylation sites (tertiary alicyclic amines) is 2. The van der Waals surface area contributed by atoms with Gasteiger partial charge in [0.15, 0.2) is 0 Å². The molecule has 2 aliphatic heterocycles. The number of carbonyl (C=O) groups is 1. The summed E-state index contributed by atoms with van der Waals surface area (Å²) in [6.07, 6.45) is 0.985. The standard InChI is InChI=1S/C24H30ClN3O/c1-18-8-9-20(12-23(18)25)24(29)26-10-5-11-27-14-21-16-28(17-22(21)15-27)13-19-6-3-2-4-7-19/h2-4,6-9,12,21-22H,5,10-11,13-17H2,1H3,(H,26,29). The van der Waals surface area contributed by atoms with E-state index in [1.54, 1.807) is 6.07 Å². The zero-order valence-electron chi connectivity index (χ0n) is 17.1. The molecular formula is C24H30ClN3O. The van der Waals surface area contributed by atoms with Gasteiger partial charge in [0.2, 0.25) is 0 Å². The third kappa shape index (κ3) is 5.19. The predicted octanol–water partition coefficient (Wildman–Crippen LogP) is 3.83. The number of hydrogen-bond donors (Lipinski definition) is 1. The number of rotatable bonds is 7. The van der Waals surface area contributed by atoms with E-state index in [1.165, 1.54) is 31.7 Å². The summed E-state index contributed by atoms with van der Waals surface area (Å²) in [5.74, 6) is 1.55. The molecule has 0 saturated carbocycles. The van der Waals surface area contributed by atoms with Crippen molar-refractivity contribution in [2.45, 2.75) is 19.9 Å². The average molecular weight is 412 g/mol. The van der Waals surface area contributed by atoms with Crippen LogP contribution in [0.3, 0.4) is 0 Å². The second kappa shape index (κ2) is 9.29. The molecule has 4 rings (SSSR count). The lowest BCUT2D eigenvalue weighted by Gasteiger charge is -2.21. The van der Waals surface area contributed by atoms with Gasteiger partial charge in [0.25, 0.3) is 5.91 Å². The molecule has 2 saturated heterocycles. The molecule has 0 aromatic heterocycles. The quantitative estimate of drug-likeness (QED) is 0.703. The number of halogens is 1. The zero-order valence-corrected chi connectivity index (χ0v) is 17.9. The Morgan fingerprint density at radius 3 is 2.41 bits per heavy atom. The molecule has 2 atom stereocenters. The Balaban J connectivity index is 1.15. The molecule has 2 aliphatic rings. The number of aryl methyl sites for hydroxylation is 1. The van der Waals surface area contributed by atoms with Crippen molar-refractivity contribution in [3.63, 3.8) is 0 Å². The van der Waals surface area contributed by atoms with Gasteiger partial charge in [-0.15, -0.1) is 0 Å². The van der Waals surface area contributed by atoms with Crippen LogP contribution >= 0.6 is 11.6 Å². The fraction of sp³-hybridized carbons (Fsp3) is 0.458. The van der Waals surface area contributed by atoms with Gasteiger partial charge in [-0.3, -0.25) is 9.69 Å². The monoisotopic (exact) mass is 411 g/mol. The third-order valence-electron chi connectivity index (χ3n) is 6.26. The summed E-state index contributed by atoms with van der Waals surface area (Å²) in [5, 5.41) is 3.66. The molecule has 0 radical (unpaired) electrons. The molecule has 29 heavy (non-hydrogen) atoms. The first-order valence-corrected chi connectivity index (χ1v) is 11.0. The van der Waals surface area contributed by atoms with Crippen molar-refractivity contribution in [3.8, 4) is 0 Å². The Morgan fingerprint density at radius 1 is 1.03 bits per heavy atom. The molecule has 2 aromatic carbocycles. The summed E-state index contributed by atoms with van der Waals surface area (Å²) < 4.78 is 0. The summed E-state index contributed by atoms with van der Waals surface area (Å²) in [4.78, 5) is 17.4. The van der Waals surface area contributed by atoms with Gasteiger partial charge in [-0.1, -0.05) is 48.0 Å². The van der Waals surface area contributed by atoms with E-state index in [4.69, 9.17) is 11.6 Å². The Kier molecular flexibility index (Phi) is 6.53. The molecule has 154 valence electrons. The topological polar surface area (TPSA) is 35.6 Å². The van der Waals surface area contributed by atoms with Crippen molar-refractivity contribution in [2.75, 3.05) is 39.3 Å². The van der Waals surface area contributed by atoms with E-state index in [0.29, 0.717) is 17.1 Å². The fourth-order valence-corrected chi connectivity index (χ4v) is 4.86. The van der Waals surface area contributed by atoms with Crippen molar-refractivity contribution in [2.24, 2.45) is 11.8 Å². The molecular weight excluding hydrogens is 382 g/mol. The van der Waals surface area contributed by atoms with Crippen molar-refractivity contribution in [1.29, 1.82) is 0 Å². The number of nitrogens with zero attached hydrogens (tertiary/aromatic N) is 2. The van der Waals surface area contributed by atoms with E-state index in [-0.39, 0.29) is 5.91 Å². The Labute approximate surface area is 178 Å². The van der Waals surface area contributed by atoms with Gasteiger partial charge in [-0.05, 0) is 55.0 Å². The van der Waals surface area contributed by atoms with Gasteiger partial charge in [0.1, 0.15) is 0 Å². The molecule has 0 spiro atoms. The van der Waals surface area contributed by atoms with Gasteiger partial charge in [0.05, 0.1) is 0 Å². The molecule has 5 heteroatoms. The second-order valence-electron chi connectivity index (χ2n) is 8.53. The highest BCUT2D eigenvalue weighted by molar-refractivity contribution is 6.31. The summed E-state index contributed by atoms with van der Waals surface area (Å²) in [7, 11) is 0. The summed E-state index contributed by atoms with van der Waals surface area (Å²) >= 11 is 6.12. The van der Waals surface area contributed by atoms with E-state index in [0.717, 1.165) is 36.9 Å². The number of benzene rings is 2. The largest absolute Gasteiger partial charge is 0.352 e. The second-order valence-corrected chi connectivity index (χ2v) is 8.94. The molecule has 2 fully saturated rings. The highest BCUT2D eigenvalue weighted by Gasteiger charge is 2.39. The molecule has 2 aromatic rings. The number of nitrogens with one attached hydrogen (secondary N) is 1. The van der Waals surface area contributed by atoms with Gasteiger partial charge < -0.3 is 10.2 Å². The Hall–Kier alpha value is -1.88. The van der Waals surface area contributed by atoms with Gasteiger partial charge in [-0.2, -0.15) is 0 Å². The number of fused-ring (bicyclic) bond motifs is 1. The van der Waals surface area contributed by atoms with E-state index in [2.05, 4.69) is 45.4 Å². The summed E-state index contributed by atoms with van der Waals surface area (Å²) in [6, 6.07) is 16.2. The maximum Gasteiger partial charge on any atom is 0.251 e. The minimum absolute atomic E-state index is 0.0401. The van der Waals surface area contributed by atoms with Crippen LogP contribution in [0.1, 0.15) is 27.9 Å². The van der Waals surface area contributed by atoms with Crippen LogP contribution in [0, 0.1) is 18.8 Å². The van der Waals surface area contributed by atoms with Gasteiger partial charge in [-0.25, -0.2) is 0 Å². The highest BCUT2D eigenvalue weighted by Crippen LogP contribution is 2.31. The molecule has 0 bridgehead atoms. The molecule has 1 amide bonds. The van der Waals surface area contributed by atoms with Crippen LogP contribution in [0.5, 0.6) is 0 Å². The predicted molar refractivity (Wildman–Crippen MR) is 118 cm³/mol. The lowest BCUT2D eigenvalue weighted by molar-refractivity contribution is 0.0951. The van der Waals surface area contributed by atoms with Gasteiger partial charge >= 0.3 is 0 Å². The van der Waals surface area contributed by atoms with Crippen LogP contribution in [0.2, 0.25) is 5.02 Å². The van der Waals surface area contributed by atoms with Crippen molar-refractivity contribution < 1.29 is 4.79 Å². The molecule has 2 heterocycles. The molecule has 1 N–H and O–H groups in total. The normalized spacial score (nSPS) is 22.0. The minimum atomic E-state index is -0.0401. The van der Waals surface area contributed by atoms with Crippen LogP contribution < -0.4 is 5.32 Å². The number of amides is 1. The average Bonchev–Trinajstić information content (AvgIpc) is 3.26. The molecule has 2 unspecified atom stereocenters. The Bertz CT molecular complexity index is 827. The van der Waals surface area contributed by atoms with Crippen LogP contribution in [0.4, 0.5) is 0 Å². The SMILES string of the molecule is Cc1ccc(C(=O)NCCCN2CC3CN(Cc4ccccc4)CC3C2)cc1Cl. The van der Waals surface area contributed by atoms with E-state index in [9.17, 15) is 4.79 Å². The van der Waals surface area contributed by atoms with E-state index in [1.807, 2.05) is 19.1 Å². The van der Waals surface area contributed by atoms with Crippen molar-refractivity contribution in [3.05, 3.63) is 70.2 Å². The summed E-state index contributed by atoms with van der Waals surface area (Å²) in [5.41, 5.74) is 3.04. The lowest BCUT2D eigenvalue weighted by atomic mass is 10.0. The van der Waals surface area contributed by atoms with Crippen LogP contribution in [0.15, 0.2) is 48.5 Å². The highest BCUT2D eigenvalue weighted by atomic mass is 35.5. The maximum absolute atomic E-state index is 12.3. The smallest absolute Gasteiger partial charge is 0.251 e. The maximum atomic E-state index is 12.3. The van der Waals surface area contributed by atoms with Crippen molar-refractivity contribution in [1.82, 2.24) is 15.1 Å². The van der Waals surface area contributed by atoms with Crippen LogP contribution in [-0.2, 0) is 6.54 Å². The fourth-order valence-electron chi connectivity index (χ4n) is 4.68. The van der Waals surface area contributed by atoms with E-state index >= 15 is 0 Å². The number of hydrogen-bond acceptors (Lipinski definition) is 3. The molecule has 0 aliphatic carbocycles. The van der Waals surface area contributed by atoms with Gasteiger partial charge in [0, 0.05) is 49.9 Å². The third-order valence-corrected chi connectivity index (χ3v) is 6.66. The zero-order chi connectivity index (χ0) is 20.2. The number of carbonyl (C=O) groups excluding carboxylic acids is 1. The van der Waals surface area contributed by atoms with E-state index < -0.39 is 0 Å². The summed E-state index contributed by atoms with van der Waals surface area (Å²) in [6.45, 7) is 9.58. The molecule has 4 nitrogen and oxygen atoms in total. The first-order chi connectivity index (χ1) is 14.1. The van der Waals surface area contributed by atoms with Crippen molar-refractivity contribution >= 4 is 17.5 Å². The van der Waals surface area contributed by atoms with Crippen LogP contribution in [0.25, 0.3) is 0 Å². The minimum Gasteiger partial charge on any atom is -0.352 e. The first kappa shape index (κ1) is 20.4. The van der Waals surface area contributed by atoms with Crippen LogP contribution in [-0.4, -0.2) is 55.0 Å². The first-order valence-electron chi connectivity index (χ1n) is 10.6. The Morgan fingerprint density at radius 2 is 1.72 bits per heavy atom. The lowest BCUT2D eigenvalue weighted by Crippen LogP contribution is -2.31.